The van der Waals surface area contributed by atoms with Crippen molar-refractivity contribution in [2.24, 2.45) is 0 Å². The highest BCUT2D eigenvalue weighted by atomic mass is 35.5. The van der Waals surface area contributed by atoms with Crippen LogP contribution >= 0.6 is 11.6 Å². The molecule has 3 aromatic rings. The van der Waals surface area contributed by atoms with E-state index in [0.717, 1.165) is 5.56 Å². The number of nitrogens with one attached hydrogen (secondary N) is 2. The molecule has 6 nitrogen and oxygen atoms in total. The average Bonchev–Trinajstić information content (AvgIpc) is 2.68. The smallest absolute Gasteiger partial charge is 0.263 e. The van der Waals surface area contributed by atoms with Crippen LogP contribution in [0.3, 0.4) is 0 Å². The van der Waals surface area contributed by atoms with Gasteiger partial charge in [-0.25, -0.2) is 0 Å². The number of ether oxygens (including phenoxy) is 1. The van der Waals surface area contributed by atoms with Crippen LogP contribution in [0.15, 0.2) is 60.7 Å². The van der Waals surface area contributed by atoms with Crippen molar-refractivity contribution in [2.75, 3.05) is 17.2 Å². The molecule has 0 spiro atoms. The minimum atomic E-state index is -0.320. The zero-order valence-electron chi connectivity index (χ0n) is 14.8. The van der Waals surface area contributed by atoms with Crippen LogP contribution < -0.4 is 15.4 Å². The van der Waals surface area contributed by atoms with E-state index in [0.29, 0.717) is 29.0 Å². The Hall–Kier alpha value is -3.12. The van der Waals surface area contributed by atoms with Gasteiger partial charge in [0.15, 0.2) is 12.4 Å². The van der Waals surface area contributed by atoms with E-state index in [1.807, 2.05) is 0 Å². The van der Waals surface area contributed by atoms with Crippen LogP contribution in [0.2, 0.25) is 5.02 Å². The van der Waals surface area contributed by atoms with Crippen LogP contribution in [0, 0.1) is 6.92 Å². The summed E-state index contributed by atoms with van der Waals surface area (Å²) in [4.78, 5) is 11.9. The van der Waals surface area contributed by atoms with Gasteiger partial charge >= 0.3 is 0 Å². The normalized spacial score (nSPS) is 10.3. The second kappa shape index (κ2) is 9.00. The van der Waals surface area contributed by atoms with Gasteiger partial charge in [-0.05, 0) is 48.9 Å². The van der Waals surface area contributed by atoms with Gasteiger partial charge in [-0.3, -0.25) is 4.79 Å². The number of anilines is 2. The number of carbonyl (C=O) groups excluding carboxylic acids is 1. The van der Waals surface area contributed by atoms with Crippen molar-refractivity contribution in [1.82, 2.24) is 10.2 Å². The first kappa shape index (κ1) is 18.7. The van der Waals surface area contributed by atoms with E-state index >= 15 is 0 Å². The Morgan fingerprint density at radius 2 is 1.63 bits per heavy atom. The van der Waals surface area contributed by atoms with Crippen LogP contribution in [-0.4, -0.2) is 22.7 Å². The predicted octanol–water partition coefficient (Wildman–Crippen LogP) is 4.07. The molecule has 0 bridgehead atoms. The lowest BCUT2D eigenvalue weighted by Crippen LogP contribution is -2.21. The summed E-state index contributed by atoms with van der Waals surface area (Å²) in [6.45, 7) is 2.57. The minimum absolute atomic E-state index is 0.128. The predicted molar refractivity (Wildman–Crippen MR) is 106 cm³/mol. The van der Waals surface area contributed by atoms with Crippen LogP contribution in [0.4, 0.5) is 11.6 Å². The van der Waals surface area contributed by atoms with E-state index in [1.165, 1.54) is 5.56 Å². The number of hydrogen-bond donors (Lipinski definition) is 2. The summed E-state index contributed by atoms with van der Waals surface area (Å²) in [5, 5.41) is 14.5. The SMILES string of the molecule is Cc1ccc(CNc2ccc(NC(=O)COc3ccc(Cl)cc3)nn2)cc1. The Morgan fingerprint density at radius 3 is 2.30 bits per heavy atom. The highest BCUT2D eigenvalue weighted by Crippen LogP contribution is 2.15. The maximum absolute atomic E-state index is 11.9. The molecule has 0 fully saturated rings. The molecule has 0 atom stereocenters. The standard InChI is InChI=1S/C20H19ClN4O2/c1-14-2-4-15(5-3-14)12-22-18-10-11-19(25-24-18)23-20(26)13-27-17-8-6-16(21)7-9-17/h2-11H,12-13H2,1H3,(H,22,24)(H,23,25,26). The van der Waals surface area contributed by atoms with E-state index in [2.05, 4.69) is 52.0 Å². The molecule has 0 radical (unpaired) electrons. The zero-order chi connectivity index (χ0) is 19.1. The number of hydrogen-bond acceptors (Lipinski definition) is 5. The summed E-state index contributed by atoms with van der Waals surface area (Å²) in [5.41, 5.74) is 2.37. The number of aryl methyl sites for hydroxylation is 1. The lowest BCUT2D eigenvalue weighted by Gasteiger charge is -2.08. The Morgan fingerprint density at radius 1 is 0.963 bits per heavy atom. The van der Waals surface area contributed by atoms with E-state index in [9.17, 15) is 4.79 Å². The van der Waals surface area contributed by atoms with Gasteiger partial charge in [0.25, 0.3) is 5.91 Å². The van der Waals surface area contributed by atoms with Crippen molar-refractivity contribution in [1.29, 1.82) is 0 Å². The van der Waals surface area contributed by atoms with Gasteiger partial charge in [-0.15, -0.1) is 10.2 Å². The van der Waals surface area contributed by atoms with Crippen molar-refractivity contribution in [3.05, 3.63) is 76.8 Å². The molecule has 1 heterocycles. The van der Waals surface area contributed by atoms with E-state index < -0.39 is 0 Å². The van der Waals surface area contributed by atoms with Crippen molar-refractivity contribution in [2.45, 2.75) is 13.5 Å². The van der Waals surface area contributed by atoms with E-state index in [1.54, 1.807) is 36.4 Å². The molecule has 27 heavy (non-hydrogen) atoms. The molecule has 0 aliphatic carbocycles. The molecule has 0 saturated heterocycles. The summed E-state index contributed by atoms with van der Waals surface area (Å²) in [7, 11) is 0. The number of nitrogens with zero attached hydrogens (tertiary/aromatic N) is 2. The molecule has 138 valence electrons. The summed E-state index contributed by atoms with van der Waals surface area (Å²) in [6, 6.07) is 18.5. The van der Waals surface area contributed by atoms with Crippen molar-refractivity contribution >= 4 is 29.1 Å². The first-order chi connectivity index (χ1) is 13.1. The summed E-state index contributed by atoms with van der Waals surface area (Å²) < 4.78 is 5.38. The van der Waals surface area contributed by atoms with Crippen molar-refractivity contribution in [3.8, 4) is 5.75 Å². The van der Waals surface area contributed by atoms with Gasteiger partial charge in [0.2, 0.25) is 0 Å². The fourth-order valence-electron chi connectivity index (χ4n) is 2.25. The lowest BCUT2D eigenvalue weighted by atomic mass is 10.1. The van der Waals surface area contributed by atoms with Crippen LogP contribution in [0.25, 0.3) is 0 Å². The van der Waals surface area contributed by atoms with Crippen molar-refractivity contribution < 1.29 is 9.53 Å². The van der Waals surface area contributed by atoms with Gasteiger partial charge in [-0.1, -0.05) is 41.4 Å². The number of amides is 1. The zero-order valence-corrected chi connectivity index (χ0v) is 15.5. The van der Waals surface area contributed by atoms with Crippen LogP contribution in [0.1, 0.15) is 11.1 Å². The first-order valence-corrected chi connectivity index (χ1v) is 8.78. The number of halogens is 1. The van der Waals surface area contributed by atoms with E-state index in [-0.39, 0.29) is 12.5 Å². The molecule has 0 aliphatic rings. The molecule has 3 rings (SSSR count). The maximum atomic E-state index is 11.9. The van der Waals surface area contributed by atoms with Gasteiger partial charge in [0, 0.05) is 11.6 Å². The summed E-state index contributed by atoms with van der Waals surface area (Å²) >= 11 is 5.80. The number of aromatic nitrogens is 2. The molecule has 1 aromatic heterocycles. The maximum Gasteiger partial charge on any atom is 0.263 e. The van der Waals surface area contributed by atoms with Gasteiger partial charge in [-0.2, -0.15) is 0 Å². The molecule has 0 saturated carbocycles. The molecule has 2 N–H and O–H groups in total. The largest absolute Gasteiger partial charge is 0.484 e. The number of carbonyl (C=O) groups is 1. The lowest BCUT2D eigenvalue weighted by molar-refractivity contribution is -0.118. The van der Waals surface area contributed by atoms with Gasteiger partial charge < -0.3 is 15.4 Å². The third-order valence-corrected chi connectivity index (χ3v) is 3.96. The van der Waals surface area contributed by atoms with Crippen LogP contribution in [-0.2, 0) is 11.3 Å². The Bertz CT molecular complexity index is 881. The highest BCUT2D eigenvalue weighted by molar-refractivity contribution is 6.30. The first-order valence-electron chi connectivity index (χ1n) is 8.40. The molecule has 2 aromatic carbocycles. The second-order valence-corrected chi connectivity index (χ2v) is 6.37. The fourth-order valence-corrected chi connectivity index (χ4v) is 2.38. The quantitative estimate of drug-likeness (QED) is 0.644. The molecule has 0 unspecified atom stereocenters. The van der Waals surface area contributed by atoms with E-state index in [4.69, 9.17) is 16.3 Å². The monoisotopic (exact) mass is 382 g/mol. The summed E-state index contributed by atoms with van der Waals surface area (Å²) in [6.07, 6.45) is 0. The van der Waals surface area contributed by atoms with Gasteiger partial charge in [0.05, 0.1) is 0 Å². The third kappa shape index (κ3) is 5.97. The highest BCUT2D eigenvalue weighted by Gasteiger charge is 2.06. The van der Waals surface area contributed by atoms with Crippen LogP contribution in [0.5, 0.6) is 5.75 Å². The topological polar surface area (TPSA) is 76.1 Å². The Labute approximate surface area is 162 Å². The molecular formula is C20H19ClN4O2. The fraction of sp³-hybridized carbons (Fsp3) is 0.150. The molecule has 7 heteroatoms. The summed E-state index contributed by atoms with van der Waals surface area (Å²) in [5.74, 6) is 1.24. The number of rotatable bonds is 7. The molecule has 0 aliphatic heterocycles. The Balaban J connectivity index is 1.45. The van der Waals surface area contributed by atoms with Gasteiger partial charge in [0.1, 0.15) is 11.6 Å². The average molecular weight is 383 g/mol. The third-order valence-electron chi connectivity index (χ3n) is 3.71. The molecule has 1 amide bonds. The van der Waals surface area contributed by atoms with Crippen molar-refractivity contribution in [3.63, 3.8) is 0 Å². The Kier molecular flexibility index (Phi) is 6.22. The minimum Gasteiger partial charge on any atom is -0.484 e. The second-order valence-electron chi connectivity index (χ2n) is 5.93. The molecular weight excluding hydrogens is 364 g/mol. The number of benzene rings is 2.